The minimum atomic E-state index is -0.761. The highest BCUT2D eigenvalue weighted by atomic mass is 16.7. The van der Waals surface area contributed by atoms with E-state index in [1.165, 1.54) is 0 Å². The fourth-order valence-electron chi connectivity index (χ4n) is 2.61. The van der Waals surface area contributed by atoms with Gasteiger partial charge < -0.3 is 24.6 Å². The Kier molecular flexibility index (Phi) is 5.02. The predicted molar refractivity (Wildman–Crippen MR) is 83.6 cm³/mol. The molecule has 6 nitrogen and oxygen atoms in total. The number of nitrogens with one attached hydrogen (secondary N) is 1. The molecule has 0 saturated carbocycles. The molecule has 0 unspecified atom stereocenters. The molecular weight excluding hydrogens is 298 g/mol. The Hall–Kier alpha value is -2.21. The molecule has 2 atom stereocenters. The first-order valence-electron chi connectivity index (χ1n) is 7.85. The van der Waals surface area contributed by atoms with Crippen LogP contribution in [0.2, 0.25) is 0 Å². The average molecular weight is 319 g/mol. The minimum Gasteiger partial charge on any atom is -0.491 e. The Morgan fingerprint density at radius 2 is 2.22 bits per heavy atom. The number of fused-ring (bicyclic) bond motifs is 1. The third-order valence-electron chi connectivity index (χ3n) is 3.94. The minimum absolute atomic E-state index is 0.00326. The summed E-state index contributed by atoms with van der Waals surface area (Å²) in [7, 11) is 0. The van der Waals surface area contributed by atoms with Crippen LogP contribution in [0.3, 0.4) is 0 Å². The van der Waals surface area contributed by atoms with Crippen LogP contribution in [-0.4, -0.2) is 37.1 Å². The van der Waals surface area contributed by atoms with Gasteiger partial charge in [0.15, 0.2) is 11.5 Å². The van der Waals surface area contributed by atoms with Gasteiger partial charge in [0.25, 0.3) is 0 Å². The Balaban J connectivity index is 1.40. The second-order valence-corrected chi connectivity index (χ2v) is 5.71. The summed E-state index contributed by atoms with van der Waals surface area (Å²) in [6, 6.07) is 5.25. The van der Waals surface area contributed by atoms with Gasteiger partial charge in [-0.25, -0.2) is 0 Å². The molecule has 0 bridgehead atoms. The van der Waals surface area contributed by atoms with E-state index in [9.17, 15) is 9.90 Å². The largest absolute Gasteiger partial charge is 0.491 e. The zero-order valence-electron chi connectivity index (χ0n) is 12.9. The van der Waals surface area contributed by atoms with Gasteiger partial charge in [0, 0.05) is 18.5 Å². The molecule has 6 heteroatoms. The molecule has 0 aromatic heterocycles. The molecular formula is C17H21NO5. The molecule has 1 aromatic carbocycles. The number of aliphatic hydroxyl groups is 1. The van der Waals surface area contributed by atoms with Crippen LogP contribution in [0.25, 0.3) is 0 Å². The molecule has 2 aliphatic rings. The van der Waals surface area contributed by atoms with Crippen molar-refractivity contribution in [1.82, 2.24) is 5.32 Å². The molecule has 1 aromatic rings. The Morgan fingerprint density at radius 1 is 1.35 bits per heavy atom. The lowest BCUT2D eigenvalue weighted by molar-refractivity contribution is -0.125. The summed E-state index contributed by atoms with van der Waals surface area (Å²) in [6.07, 6.45) is 5.95. The molecule has 3 rings (SSSR count). The van der Waals surface area contributed by atoms with E-state index in [4.69, 9.17) is 14.2 Å². The van der Waals surface area contributed by atoms with Crippen molar-refractivity contribution in [2.75, 3.05) is 19.9 Å². The van der Waals surface area contributed by atoms with Gasteiger partial charge in [0.1, 0.15) is 18.5 Å². The van der Waals surface area contributed by atoms with Crippen molar-refractivity contribution in [3.8, 4) is 17.2 Å². The third-order valence-corrected chi connectivity index (χ3v) is 3.94. The lowest BCUT2D eigenvalue weighted by Crippen LogP contribution is -2.38. The number of rotatable bonds is 6. The molecule has 124 valence electrons. The molecule has 23 heavy (non-hydrogen) atoms. The van der Waals surface area contributed by atoms with E-state index >= 15 is 0 Å². The van der Waals surface area contributed by atoms with Crippen molar-refractivity contribution in [3.05, 3.63) is 30.4 Å². The van der Waals surface area contributed by atoms with Crippen LogP contribution >= 0.6 is 0 Å². The summed E-state index contributed by atoms with van der Waals surface area (Å²) in [5, 5.41) is 12.7. The molecule has 2 N–H and O–H groups in total. The molecule has 0 saturated heterocycles. The summed E-state index contributed by atoms with van der Waals surface area (Å²) in [6.45, 7) is 0.498. The topological polar surface area (TPSA) is 77.0 Å². The first kappa shape index (κ1) is 15.7. The molecule has 0 radical (unpaired) electrons. The zero-order chi connectivity index (χ0) is 16.1. The maximum atomic E-state index is 12.0. The highest BCUT2D eigenvalue weighted by Gasteiger charge is 2.19. The molecule has 1 amide bonds. The molecule has 0 fully saturated rings. The number of carbonyl (C=O) groups is 1. The fraction of sp³-hybridized carbons (Fsp3) is 0.471. The summed E-state index contributed by atoms with van der Waals surface area (Å²) in [4.78, 5) is 12.0. The van der Waals surface area contributed by atoms with Crippen LogP contribution in [0.1, 0.15) is 19.3 Å². The van der Waals surface area contributed by atoms with Gasteiger partial charge in [-0.1, -0.05) is 12.2 Å². The van der Waals surface area contributed by atoms with Gasteiger partial charge in [0.2, 0.25) is 12.7 Å². The lowest BCUT2D eigenvalue weighted by atomic mass is 9.94. The number of hydrogen-bond donors (Lipinski definition) is 2. The van der Waals surface area contributed by atoms with Gasteiger partial charge in [-0.3, -0.25) is 4.79 Å². The summed E-state index contributed by atoms with van der Waals surface area (Å²) in [5.74, 6) is 1.93. The Morgan fingerprint density at radius 3 is 3.04 bits per heavy atom. The van der Waals surface area contributed by atoms with E-state index in [2.05, 4.69) is 11.4 Å². The van der Waals surface area contributed by atoms with Crippen LogP contribution in [0.4, 0.5) is 0 Å². The van der Waals surface area contributed by atoms with E-state index in [0.29, 0.717) is 17.2 Å². The number of aliphatic hydroxyl groups excluding tert-OH is 1. The van der Waals surface area contributed by atoms with Gasteiger partial charge in [0.05, 0.1) is 0 Å². The van der Waals surface area contributed by atoms with E-state index in [0.717, 1.165) is 19.3 Å². The molecule has 1 heterocycles. The number of ether oxygens (including phenoxy) is 3. The van der Waals surface area contributed by atoms with Crippen molar-refractivity contribution in [2.24, 2.45) is 5.92 Å². The fourth-order valence-corrected chi connectivity index (χ4v) is 2.61. The first-order valence-corrected chi connectivity index (χ1v) is 7.85. The quantitative estimate of drug-likeness (QED) is 0.779. The SMILES string of the molecule is O=C(NC[C@H](O)COc1ccc2c(c1)OCO2)[C@@H]1CC=CCC1. The maximum Gasteiger partial charge on any atom is 0.231 e. The van der Waals surface area contributed by atoms with Crippen molar-refractivity contribution in [3.63, 3.8) is 0 Å². The summed E-state index contributed by atoms with van der Waals surface area (Å²) >= 11 is 0. The number of hydrogen-bond acceptors (Lipinski definition) is 5. The van der Waals surface area contributed by atoms with Gasteiger partial charge >= 0.3 is 0 Å². The maximum absolute atomic E-state index is 12.0. The number of carbonyl (C=O) groups excluding carboxylic acids is 1. The number of benzene rings is 1. The van der Waals surface area contributed by atoms with Crippen molar-refractivity contribution in [1.29, 1.82) is 0 Å². The molecule has 1 aliphatic heterocycles. The van der Waals surface area contributed by atoms with Crippen molar-refractivity contribution in [2.45, 2.75) is 25.4 Å². The van der Waals surface area contributed by atoms with Gasteiger partial charge in [-0.15, -0.1) is 0 Å². The van der Waals surface area contributed by atoms with Crippen molar-refractivity contribution >= 4 is 5.91 Å². The van der Waals surface area contributed by atoms with Crippen LogP contribution < -0.4 is 19.5 Å². The summed E-state index contributed by atoms with van der Waals surface area (Å²) < 4.78 is 16.0. The van der Waals surface area contributed by atoms with E-state index in [1.807, 2.05) is 6.08 Å². The second-order valence-electron chi connectivity index (χ2n) is 5.71. The number of allylic oxidation sites excluding steroid dienone is 2. The summed E-state index contributed by atoms with van der Waals surface area (Å²) in [5.41, 5.74) is 0. The monoisotopic (exact) mass is 319 g/mol. The Bertz CT molecular complexity index is 586. The van der Waals surface area contributed by atoms with Crippen LogP contribution in [0.15, 0.2) is 30.4 Å². The second kappa shape index (κ2) is 7.37. The first-order chi connectivity index (χ1) is 11.2. The van der Waals surface area contributed by atoms with E-state index < -0.39 is 6.10 Å². The van der Waals surface area contributed by atoms with E-state index in [-0.39, 0.29) is 31.8 Å². The highest BCUT2D eigenvalue weighted by Crippen LogP contribution is 2.35. The van der Waals surface area contributed by atoms with Crippen LogP contribution in [-0.2, 0) is 4.79 Å². The molecule has 1 aliphatic carbocycles. The highest BCUT2D eigenvalue weighted by molar-refractivity contribution is 5.78. The van der Waals surface area contributed by atoms with Crippen LogP contribution in [0.5, 0.6) is 17.2 Å². The third kappa shape index (κ3) is 4.16. The van der Waals surface area contributed by atoms with Gasteiger partial charge in [-0.05, 0) is 31.4 Å². The standard InChI is InChI=1S/C17H21NO5/c19-13(9-18-17(20)12-4-2-1-3-5-12)10-21-14-6-7-15-16(8-14)23-11-22-15/h1-2,6-8,12-13,19H,3-5,9-11H2,(H,18,20)/t12-,13+/m1/s1. The van der Waals surface area contributed by atoms with Gasteiger partial charge in [-0.2, -0.15) is 0 Å². The zero-order valence-corrected chi connectivity index (χ0v) is 12.9. The van der Waals surface area contributed by atoms with Crippen molar-refractivity contribution < 1.29 is 24.1 Å². The molecule has 0 spiro atoms. The normalized spacial score (nSPS) is 20.1. The average Bonchev–Trinajstić information content (AvgIpc) is 3.06. The van der Waals surface area contributed by atoms with Crippen LogP contribution in [0, 0.1) is 5.92 Å². The smallest absolute Gasteiger partial charge is 0.231 e. The predicted octanol–water partition coefficient (Wildman–Crippen LogP) is 1.63. The van der Waals surface area contributed by atoms with E-state index in [1.54, 1.807) is 18.2 Å². The lowest BCUT2D eigenvalue weighted by Gasteiger charge is -2.19. The number of amides is 1. The Labute approximate surface area is 135 Å².